The molecule has 4 nitrogen and oxygen atoms in total. The second kappa shape index (κ2) is 5.85. The maximum atomic E-state index is 11.8. The largest absolute Gasteiger partial charge is 0.325 e. The van der Waals surface area contributed by atoms with Crippen molar-refractivity contribution < 1.29 is 4.79 Å². The van der Waals surface area contributed by atoms with Crippen LogP contribution in [0, 0.1) is 11.3 Å². The molecule has 1 heterocycles. The summed E-state index contributed by atoms with van der Waals surface area (Å²) < 4.78 is 0. The minimum absolute atomic E-state index is 0.0774. The highest BCUT2D eigenvalue weighted by atomic mass is 35.5. The Kier molecular flexibility index (Phi) is 4.19. The molecule has 0 spiro atoms. The fourth-order valence-electron chi connectivity index (χ4n) is 2.05. The molecule has 0 bridgehead atoms. The van der Waals surface area contributed by atoms with Crippen molar-refractivity contribution in [1.29, 1.82) is 5.26 Å². The van der Waals surface area contributed by atoms with Gasteiger partial charge in [-0.05, 0) is 37.6 Å². The molecule has 0 aromatic heterocycles. The smallest absolute Gasteiger partial charge is 0.225 e. The Labute approximate surface area is 111 Å². The van der Waals surface area contributed by atoms with E-state index < -0.39 is 0 Å². The minimum atomic E-state index is -0.0774. The average molecular weight is 264 g/mol. The first-order chi connectivity index (χ1) is 8.69. The fraction of sp³-hybridized carbons (Fsp3) is 0.385. The summed E-state index contributed by atoms with van der Waals surface area (Å²) in [5, 5.41) is 15.3. The quantitative estimate of drug-likeness (QED) is 0.879. The summed E-state index contributed by atoms with van der Waals surface area (Å²) in [6, 6.07) is 7.09. The molecule has 1 atom stereocenters. The van der Waals surface area contributed by atoms with Crippen LogP contribution in [0.2, 0.25) is 5.02 Å². The molecule has 1 saturated heterocycles. The third-order valence-corrected chi connectivity index (χ3v) is 3.29. The molecule has 2 N–H and O–H groups in total. The van der Waals surface area contributed by atoms with E-state index in [4.69, 9.17) is 16.9 Å². The van der Waals surface area contributed by atoms with Crippen LogP contribution < -0.4 is 10.6 Å². The molecule has 1 aromatic rings. The van der Waals surface area contributed by atoms with Crippen molar-refractivity contribution in [2.24, 2.45) is 0 Å². The van der Waals surface area contributed by atoms with Crippen molar-refractivity contribution in [3.05, 3.63) is 28.8 Å². The Morgan fingerprint density at radius 3 is 3.11 bits per heavy atom. The van der Waals surface area contributed by atoms with Gasteiger partial charge in [0.2, 0.25) is 5.91 Å². The van der Waals surface area contributed by atoms with E-state index in [-0.39, 0.29) is 11.9 Å². The van der Waals surface area contributed by atoms with E-state index in [1.807, 2.05) is 6.07 Å². The van der Waals surface area contributed by atoms with E-state index in [0.29, 0.717) is 22.7 Å². The predicted molar refractivity (Wildman–Crippen MR) is 70.4 cm³/mol. The highest BCUT2D eigenvalue weighted by Gasteiger charge is 2.18. The normalized spacial score (nSPS) is 18.3. The van der Waals surface area contributed by atoms with E-state index in [9.17, 15) is 4.79 Å². The number of nitrogens with zero attached hydrogens (tertiary/aromatic N) is 1. The molecule has 1 aliphatic rings. The average Bonchev–Trinajstić information content (AvgIpc) is 2.84. The van der Waals surface area contributed by atoms with Crippen LogP contribution in [0.1, 0.15) is 24.8 Å². The molecule has 1 aromatic carbocycles. The van der Waals surface area contributed by atoms with Gasteiger partial charge >= 0.3 is 0 Å². The monoisotopic (exact) mass is 263 g/mol. The number of nitriles is 1. The van der Waals surface area contributed by atoms with E-state index in [1.165, 1.54) is 0 Å². The molecular weight excluding hydrogens is 250 g/mol. The van der Waals surface area contributed by atoms with Gasteiger partial charge in [-0.25, -0.2) is 0 Å². The van der Waals surface area contributed by atoms with Crippen molar-refractivity contribution >= 4 is 23.2 Å². The van der Waals surface area contributed by atoms with Crippen LogP contribution >= 0.6 is 11.6 Å². The number of carbonyl (C=O) groups is 1. The number of benzene rings is 1. The number of nitrogens with one attached hydrogen (secondary N) is 2. The van der Waals surface area contributed by atoms with Crippen LogP contribution in [0.5, 0.6) is 0 Å². The summed E-state index contributed by atoms with van der Waals surface area (Å²) in [5.74, 6) is -0.0774. The SMILES string of the molecule is N#Cc1ccc(Cl)c(NC(=O)CC2CCCN2)c1. The molecule has 2 rings (SSSR count). The number of hydrogen-bond donors (Lipinski definition) is 2. The van der Waals surface area contributed by atoms with Gasteiger partial charge in [-0.1, -0.05) is 11.6 Å². The zero-order valence-corrected chi connectivity index (χ0v) is 10.6. The van der Waals surface area contributed by atoms with E-state index in [1.54, 1.807) is 18.2 Å². The highest BCUT2D eigenvalue weighted by Crippen LogP contribution is 2.23. The number of carbonyl (C=O) groups excluding carboxylic acids is 1. The van der Waals surface area contributed by atoms with Crippen LogP contribution in [0.25, 0.3) is 0 Å². The van der Waals surface area contributed by atoms with E-state index >= 15 is 0 Å². The molecule has 1 fully saturated rings. The standard InChI is InChI=1S/C13H14ClN3O/c14-11-4-3-9(8-15)6-12(11)17-13(18)7-10-2-1-5-16-10/h3-4,6,10,16H,1-2,5,7H2,(H,17,18). The molecule has 0 radical (unpaired) electrons. The number of rotatable bonds is 3. The summed E-state index contributed by atoms with van der Waals surface area (Å²) >= 11 is 5.97. The summed E-state index contributed by atoms with van der Waals surface area (Å²) in [6.45, 7) is 0.975. The molecular formula is C13H14ClN3O. The molecule has 18 heavy (non-hydrogen) atoms. The van der Waals surface area contributed by atoms with Gasteiger partial charge in [0.1, 0.15) is 0 Å². The lowest BCUT2D eigenvalue weighted by Crippen LogP contribution is -2.27. The zero-order valence-electron chi connectivity index (χ0n) is 9.87. The summed E-state index contributed by atoms with van der Waals surface area (Å²) in [4.78, 5) is 11.8. The lowest BCUT2D eigenvalue weighted by molar-refractivity contribution is -0.116. The Morgan fingerprint density at radius 2 is 2.44 bits per heavy atom. The van der Waals surface area contributed by atoms with Gasteiger partial charge in [0, 0.05) is 12.5 Å². The summed E-state index contributed by atoms with van der Waals surface area (Å²) in [7, 11) is 0. The van der Waals surface area contributed by atoms with Crippen molar-refractivity contribution in [2.45, 2.75) is 25.3 Å². The van der Waals surface area contributed by atoms with Gasteiger partial charge in [-0.3, -0.25) is 4.79 Å². The maximum Gasteiger partial charge on any atom is 0.225 e. The number of anilines is 1. The molecule has 94 valence electrons. The number of amides is 1. The zero-order chi connectivity index (χ0) is 13.0. The van der Waals surface area contributed by atoms with Crippen LogP contribution in [-0.2, 0) is 4.79 Å². The Hall–Kier alpha value is -1.57. The van der Waals surface area contributed by atoms with Gasteiger partial charge in [-0.15, -0.1) is 0 Å². The van der Waals surface area contributed by atoms with Crippen LogP contribution in [0.3, 0.4) is 0 Å². The molecule has 1 amide bonds. The lowest BCUT2D eigenvalue weighted by atomic mass is 10.1. The Morgan fingerprint density at radius 1 is 1.61 bits per heavy atom. The third kappa shape index (κ3) is 3.22. The van der Waals surface area contributed by atoms with Crippen LogP contribution in [-0.4, -0.2) is 18.5 Å². The number of hydrogen-bond acceptors (Lipinski definition) is 3. The van der Waals surface area contributed by atoms with Crippen LogP contribution in [0.4, 0.5) is 5.69 Å². The summed E-state index contributed by atoms with van der Waals surface area (Å²) in [6.07, 6.45) is 2.58. The topological polar surface area (TPSA) is 64.9 Å². The molecule has 0 saturated carbocycles. The second-order valence-corrected chi connectivity index (χ2v) is 4.76. The predicted octanol–water partition coefficient (Wildman–Crippen LogP) is 2.29. The molecule has 0 aliphatic carbocycles. The summed E-state index contributed by atoms with van der Waals surface area (Å²) in [5.41, 5.74) is 0.979. The van der Waals surface area contributed by atoms with Gasteiger partial charge < -0.3 is 10.6 Å². The van der Waals surface area contributed by atoms with Gasteiger partial charge in [0.05, 0.1) is 22.3 Å². The number of halogens is 1. The first-order valence-electron chi connectivity index (χ1n) is 5.92. The van der Waals surface area contributed by atoms with E-state index in [0.717, 1.165) is 19.4 Å². The van der Waals surface area contributed by atoms with Crippen molar-refractivity contribution in [2.75, 3.05) is 11.9 Å². The van der Waals surface area contributed by atoms with Gasteiger partial charge in [0.15, 0.2) is 0 Å². The molecule has 5 heteroatoms. The van der Waals surface area contributed by atoms with E-state index in [2.05, 4.69) is 10.6 Å². The second-order valence-electron chi connectivity index (χ2n) is 4.35. The Balaban J connectivity index is 1.99. The van der Waals surface area contributed by atoms with Crippen molar-refractivity contribution in [3.8, 4) is 6.07 Å². The van der Waals surface area contributed by atoms with Gasteiger partial charge in [-0.2, -0.15) is 5.26 Å². The van der Waals surface area contributed by atoms with Gasteiger partial charge in [0.25, 0.3) is 0 Å². The molecule has 1 unspecified atom stereocenters. The highest BCUT2D eigenvalue weighted by molar-refractivity contribution is 6.33. The Bertz CT molecular complexity index is 489. The first kappa shape index (κ1) is 12.9. The van der Waals surface area contributed by atoms with Crippen LogP contribution in [0.15, 0.2) is 18.2 Å². The third-order valence-electron chi connectivity index (χ3n) is 2.96. The van der Waals surface area contributed by atoms with Crippen molar-refractivity contribution in [1.82, 2.24) is 5.32 Å². The first-order valence-corrected chi connectivity index (χ1v) is 6.29. The lowest BCUT2D eigenvalue weighted by Gasteiger charge is -2.11. The maximum absolute atomic E-state index is 11.8. The minimum Gasteiger partial charge on any atom is -0.325 e. The molecule has 1 aliphatic heterocycles. The van der Waals surface area contributed by atoms with Crippen molar-refractivity contribution in [3.63, 3.8) is 0 Å². The fourth-order valence-corrected chi connectivity index (χ4v) is 2.21.